The first-order valence-electron chi connectivity index (χ1n) is 27.0. The fourth-order valence-electron chi connectivity index (χ4n) is 10.3. The Bertz CT molecular complexity index is 2650. The number of benzene rings is 2. The Balaban J connectivity index is 1.29. The molecular formula is C58H84N4O14S+2. The highest BCUT2D eigenvalue weighted by molar-refractivity contribution is 7.85. The van der Waals surface area contributed by atoms with Crippen molar-refractivity contribution in [3.05, 3.63) is 100.0 Å². The Kier molecular flexibility index (Phi) is 22.4. The molecule has 4 aliphatic rings. The quantitative estimate of drug-likeness (QED) is 0.0250. The van der Waals surface area contributed by atoms with Gasteiger partial charge in [-0.05, 0) is 87.1 Å². The predicted octanol–water partition coefficient (Wildman–Crippen LogP) is 7.45. The molecule has 0 radical (unpaired) electrons. The van der Waals surface area contributed by atoms with E-state index >= 15 is 0 Å². The van der Waals surface area contributed by atoms with Crippen molar-refractivity contribution in [3.63, 3.8) is 0 Å². The summed E-state index contributed by atoms with van der Waals surface area (Å²) in [5, 5.41) is 0.595. The molecule has 0 aromatic heterocycles. The molecule has 2 amide bonds. The van der Waals surface area contributed by atoms with Crippen LogP contribution in [0.5, 0.6) is 0 Å². The number of rotatable bonds is 32. The van der Waals surface area contributed by atoms with Crippen molar-refractivity contribution < 1.29 is 74.4 Å². The summed E-state index contributed by atoms with van der Waals surface area (Å²) in [6.45, 7) is 18.5. The molecular weight excluding hydrogens is 1010 g/mol. The van der Waals surface area contributed by atoms with Gasteiger partial charge in [0.15, 0.2) is 12.3 Å². The van der Waals surface area contributed by atoms with E-state index in [1.807, 2.05) is 0 Å². The maximum atomic E-state index is 12.6. The molecule has 1 aliphatic carbocycles. The highest BCUT2D eigenvalue weighted by Gasteiger charge is 2.45. The summed E-state index contributed by atoms with van der Waals surface area (Å²) in [5.74, 6) is -0.770. The van der Waals surface area contributed by atoms with E-state index in [-0.39, 0.29) is 29.6 Å². The zero-order valence-electron chi connectivity index (χ0n) is 47.0. The van der Waals surface area contributed by atoms with Crippen LogP contribution in [0, 0.1) is 6.92 Å². The van der Waals surface area contributed by atoms with Crippen molar-refractivity contribution >= 4 is 45.0 Å². The first kappa shape index (κ1) is 61.1. The number of carbonyl (C=O) groups is 3. The number of hydrogen-bond donors (Lipinski definition) is 1. The van der Waals surface area contributed by atoms with Gasteiger partial charge in [0.1, 0.15) is 12.4 Å². The summed E-state index contributed by atoms with van der Waals surface area (Å²) >= 11 is 0. The first-order valence-corrected chi connectivity index (χ1v) is 28.4. The number of methoxy groups -OCH3 is 2. The molecule has 3 heterocycles. The van der Waals surface area contributed by atoms with E-state index in [9.17, 15) is 27.4 Å². The number of hydrogen-bond acceptors (Lipinski definition) is 14. The molecule has 77 heavy (non-hydrogen) atoms. The van der Waals surface area contributed by atoms with E-state index in [0.29, 0.717) is 108 Å². The van der Waals surface area contributed by atoms with E-state index in [2.05, 4.69) is 101 Å². The third-order valence-electron chi connectivity index (χ3n) is 14.6. The van der Waals surface area contributed by atoms with Gasteiger partial charge in [0.25, 0.3) is 21.9 Å². The van der Waals surface area contributed by atoms with Gasteiger partial charge in [0.05, 0.1) is 110 Å². The summed E-state index contributed by atoms with van der Waals surface area (Å²) in [5.41, 5.74) is 8.43. The largest absolute Gasteiger partial charge is 0.493 e. The summed E-state index contributed by atoms with van der Waals surface area (Å²) < 4.78 is 78.2. The molecule has 18 nitrogen and oxygen atoms in total. The van der Waals surface area contributed by atoms with Crippen molar-refractivity contribution in [2.24, 2.45) is 0 Å². The third-order valence-corrected chi connectivity index (χ3v) is 15.4. The molecule has 0 unspecified atom stereocenters. The zero-order valence-corrected chi connectivity index (χ0v) is 47.8. The Morgan fingerprint density at radius 3 is 2.04 bits per heavy atom. The molecule has 0 spiro atoms. The number of amides is 2. The number of imide groups is 1. The Morgan fingerprint density at radius 1 is 0.740 bits per heavy atom. The molecule has 0 atom stereocenters. The Morgan fingerprint density at radius 2 is 1.38 bits per heavy atom. The molecule has 1 fully saturated rings. The topological polar surface area (TPSA) is 189 Å². The minimum Gasteiger partial charge on any atom is -0.493 e. The van der Waals surface area contributed by atoms with Crippen LogP contribution < -0.4 is 4.90 Å². The second-order valence-corrected chi connectivity index (χ2v) is 23.0. The van der Waals surface area contributed by atoms with Crippen LogP contribution in [0.2, 0.25) is 0 Å². The second-order valence-electron chi connectivity index (χ2n) is 21.6. The summed E-state index contributed by atoms with van der Waals surface area (Å²) in [6, 6.07) is 11.4. The van der Waals surface area contributed by atoms with Crippen molar-refractivity contribution in [1.82, 2.24) is 5.06 Å². The standard InChI is InChI=1S/C58H83N4O14S/c1-43-16-20-49-47(41-43)57(2,3)51(59(49)26-31-71-37-39-73-35-33-69-8)22-17-44-13-10-14-45(56(44)75-30-12-29-62(6,7)28-11-15-55(65)76-61-53(63)24-25-54(61)64)18-23-52-58(4,5)48-42-46(77(66,67)68)19-21-50(48)60(52)27-32-72-38-40-74-36-34-70-9/h16-23,41-42H,10-15,24-40H2,1-9H3/q+1/p+1. The van der Waals surface area contributed by atoms with Gasteiger partial charge in [0, 0.05) is 81.0 Å². The maximum Gasteiger partial charge on any atom is 0.333 e. The number of fused-ring (bicyclic) bond motifs is 2. The van der Waals surface area contributed by atoms with Crippen molar-refractivity contribution in [3.8, 4) is 0 Å². The maximum absolute atomic E-state index is 12.6. The van der Waals surface area contributed by atoms with Crippen LogP contribution >= 0.6 is 0 Å². The number of nitrogens with zero attached hydrogens (tertiary/aromatic N) is 4. The lowest BCUT2D eigenvalue weighted by molar-refractivity contribution is -0.890. The molecule has 0 bridgehead atoms. The molecule has 0 saturated carbocycles. The van der Waals surface area contributed by atoms with Crippen LogP contribution in [0.25, 0.3) is 0 Å². The van der Waals surface area contributed by atoms with E-state index in [1.165, 1.54) is 17.2 Å². The van der Waals surface area contributed by atoms with Crippen molar-refractivity contribution in [1.29, 1.82) is 0 Å². The average Bonchev–Trinajstić information content (AvgIpc) is 4.00. The monoisotopic (exact) mass is 1090 g/mol. The van der Waals surface area contributed by atoms with E-state index in [0.717, 1.165) is 77.5 Å². The molecule has 1 N–H and O–H groups in total. The normalized spacial score (nSPS) is 18.5. The molecule has 6 rings (SSSR count). The molecule has 424 valence electrons. The number of ether oxygens (including phenoxy) is 7. The average molecular weight is 1090 g/mol. The van der Waals surface area contributed by atoms with E-state index < -0.39 is 33.3 Å². The minimum atomic E-state index is -4.46. The van der Waals surface area contributed by atoms with Crippen LogP contribution in [-0.4, -0.2) is 178 Å². The van der Waals surface area contributed by atoms with E-state index in [1.54, 1.807) is 26.4 Å². The van der Waals surface area contributed by atoms with Crippen molar-refractivity contribution in [2.75, 3.05) is 132 Å². The van der Waals surface area contributed by atoms with Crippen LogP contribution in [0.1, 0.15) is 95.8 Å². The van der Waals surface area contributed by atoms with Gasteiger partial charge in [-0.1, -0.05) is 37.6 Å². The fraction of sp³-hybridized carbons (Fsp3) is 0.586. The summed E-state index contributed by atoms with van der Waals surface area (Å²) in [6.07, 6.45) is 12.6. The summed E-state index contributed by atoms with van der Waals surface area (Å²) in [7, 11) is 3.03. The van der Waals surface area contributed by atoms with Gasteiger partial charge in [-0.15, -0.1) is 5.06 Å². The molecule has 19 heteroatoms. The molecule has 3 aliphatic heterocycles. The van der Waals surface area contributed by atoms with Crippen LogP contribution in [-0.2, 0) is 73.3 Å². The Hall–Kier alpha value is -5.09. The predicted molar refractivity (Wildman–Crippen MR) is 293 cm³/mol. The van der Waals surface area contributed by atoms with Gasteiger partial charge in [0.2, 0.25) is 5.69 Å². The zero-order chi connectivity index (χ0) is 55.8. The lowest BCUT2D eigenvalue weighted by Crippen LogP contribution is -2.42. The number of anilines is 1. The van der Waals surface area contributed by atoms with Gasteiger partial charge in [-0.25, -0.2) is 4.79 Å². The number of allylic oxidation sites excluding steroid dienone is 7. The third kappa shape index (κ3) is 16.5. The van der Waals surface area contributed by atoms with Crippen LogP contribution in [0.4, 0.5) is 11.4 Å². The number of aryl methyl sites for hydroxylation is 1. The lowest BCUT2D eigenvalue weighted by Gasteiger charge is -2.30. The van der Waals surface area contributed by atoms with Gasteiger partial charge in [-0.2, -0.15) is 13.0 Å². The second kappa shape index (κ2) is 28.2. The smallest absolute Gasteiger partial charge is 0.333 e. The van der Waals surface area contributed by atoms with Gasteiger partial charge >= 0.3 is 5.97 Å². The molecule has 1 saturated heterocycles. The Labute approximate surface area is 456 Å². The van der Waals surface area contributed by atoms with Gasteiger partial charge < -0.3 is 47.4 Å². The molecule has 2 aromatic rings. The molecule has 2 aromatic carbocycles. The highest BCUT2D eigenvalue weighted by Crippen LogP contribution is 2.48. The lowest BCUT2D eigenvalue weighted by atomic mass is 9.81. The van der Waals surface area contributed by atoms with Gasteiger partial charge in [-0.3, -0.25) is 14.1 Å². The number of quaternary nitrogens is 1. The van der Waals surface area contributed by atoms with Crippen LogP contribution in [0.15, 0.2) is 88.2 Å². The van der Waals surface area contributed by atoms with E-state index in [4.69, 9.17) is 38.0 Å². The highest BCUT2D eigenvalue weighted by atomic mass is 32.2. The fourth-order valence-corrected chi connectivity index (χ4v) is 10.8. The van der Waals surface area contributed by atoms with Crippen LogP contribution in [0.3, 0.4) is 0 Å². The minimum absolute atomic E-state index is 0.0493. The number of hydroxylamine groups is 2. The van der Waals surface area contributed by atoms with Crippen molar-refractivity contribution in [2.45, 2.75) is 102 Å². The first-order chi connectivity index (χ1) is 36.7. The number of carbonyl (C=O) groups excluding carboxylic acids is 3. The summed E-state index contributed by atoms with van der Waals surface area (Å²) in [4.78, 5) is 43.8. The SMILES string of the molecule is COCCOCCOCCN1C(=CC=C2CCCC(C=CC3=[N+](CCOCCOCCOC)c4ccc(S(=O)(=O)O)cc4C3(C)C)=C2OCCC[N+](C)(C)CCCC(=O)ON2C(=O)CCC2=O)C(C)(C)c2cc(C)ccc21.